The largest absolute Gasteiger partial charge is 0.370 e. The number of anilines is 1. The van der Waals surface area contributed by atoms with Crippen LogP contribution in [-0.2, 0) is 19.9 Å². The molecule has 1 aromatic carbocycles. The Labute approximate surface area is 99.3 Å². The van der Waals surface area contributed by atoms with Crippen molar-refractivity contribution < 1.29 is 4.39 Å². The van der Waals surface area contributed by atoms with Crippen LogP contribution in [0, 0.1) is 5.82 Å². The molecule has 0 amide bonds. The number of hydrogen-bond donors (Lipinski definition) is 1. The minimum Gasteiger partial charge on any atom is -0.370 e. The van der Waals surface area contributed by atoms with Crippen molar-refractivity contribution in [1.82, 2.24) is 9.78 Å². The third-order valence-corrected chi connectivity index (χ3v) is 3.18. The predicted octanol–water partition coefficient (Wildman–Crippen LogP) is 2.12. The van der Waals surface area contributed by atoms with Gasteiger partial charge in [0.1, 0.15) is 11.6 Å². The highest BCUT2D eigenvalue weighted by Crippen LogP contribution is 2.26. The van der Waals surface area contributed by atoms with E-state index in [0.29, 0.717) is 0 Å². The lowest BCUT2D eigenvalue weighted by atomic mass is 10.1. The summed E-state index contributed by atoms with van der Waals surface area (Å²) in [5.74, 6) is 0.934. The first-order chi connectivity index (χ1) is 8.24. The van der Waals surface area contributed by atoms with Crippen LogP contribution in [0.5, 0.6) is 0 Å². The molecule has 0 bridgehead atoms. The van der Waals surface area contributed by atoms with Gasteiger partial charge in [-0.2, -0.15) is 5.10 Å². The molecule has 3 nitrogen and oxygen atoms in total. The Morgan fingerprint density at radius 2 is 2.12 bits per heavy atom. The summed E-state index contributed by atoms with van der Waals surface area (Å²) in [5, 5.41) is 7.83. The van der Waals surface area contributed by atoms with E-state index in [2.05, 4.69) is 10.4 Å². The number of fused-ring (bicyclic) bond motifs is 1. The van der Waals surface area contributed by atoms with E-state index >= 15 is 0 Å². The van der Waals surface area contributed by atoms with Crippen LogP contribution in [0.4, 0.5) is 10.2 Å². The monoisotopic (exact) mass is 231 g/mol. The van der Waals surface area contributed by atoms with Crippen LogP contribution in [0.1, 0.15) is 16.8 Å². The average molecular weight is 231 g/mol. The van der Waals surface area contributed by atoms with Crippen LogP contribution in [0.2, 0.25) is 0 Å². The molecule has 1 N–H and O–H groups in total. The zero-order valence-electron chi connectivity index (χ0n) is 9.70. The SMILES string of the molecule is Cn1nc(Cc2ccc(F)cc2)c2c1NCC2. The number of nitrogens with one attached hydrogen (secondary N) is 1. The fourth-order valence-corrected chi connectivity index (χ4v) is 2.35. The summed E-state index contributed by atoms with van der Waals surface area (Å²) in [5.41, 5.74) is 3.50. The summed E-state index contributed by atoms with van der Waals surface area (Å²) in [4.78, 5) is 0. The summed E-state index contributed by atoms with van der Waals surface area (Å²) in [6, 6.07) is 6.63. The number of rotatable bonds is 2. The molecule has 2 heterocycles. The molecule has 1 aromatic heterocycles. The summed E-state index contributed by atoms with van der Waals surface area (Å²) in [6.45, 7) is 0.984. The average Bonchev–Trinajstić information content (AvgIpc) is 2.88. The smallest absolute Gasteiger partial charge is 0.127 e. The van der Waals surface area contributed by atoms with Crippen LogP contribution < -0.4 is 5.32 Å². The molecule has 4 heteroatoms. The zero-order valence-corrected chi connectivity index (χ0v) is 9.70. The Balaban J connectivity index is 1.91. The van der Waals surface area contributed by atoms with E-state index in [9.17, 15) is 4.39 Å². The summed E-state index contributed by atoms with van der Waals surface area (Å²) in [7, 11) is 1.95. The van der Waals surface area contributed by atoms with E-state index in [0.717, 1.165) is 36.5 Å². The lowest BCUT2D eigenvalue weighted by Gasteiger charge is -2.00. The van der Waals surface area contributed by atoms with Gasteiger partial charge in [-0.05, 0) is 24.1 Å². The maximum absolute atomic E-state index is 12.8. The van der Waals surface area contributed by atoms with E-state index in [1.54, 1.807) is 0 Å². The van der Waals surface area contributed by atoms with E-state index in [4.69, 9.17) is 0 Å². The highest BCUT2D eigenvalue weighted by Gasteiger charge is 2.20. The molecule has 3 rings (SSSR count). The van der Waals surface area contributed by atoms with Gasteiger partial charge in [0, 0.05) is 25.6 Å². The van der Waals surface area contributed by atoms with Crippen LogP contribution in [0.25, 0.3) is 0 Å². The Morgan fingerprint density at radius 3 is 2.88 bits per heavy atom. The molecular weight excluding hydrogens is 217 g/mol. The predicted molar refractivity (Wildman–Crippen MR) is 64.6 cm³/mol. The van der Waals surface area contributed by atoms with Gasteiger partial charge in [-0.25, -0.2) is 4.39 Å². The van der Waals surface area contributed by atoms with Gasteiger partial charge in [-0.3, -0.25) is 4.68 Å². The quantitative estimate of drug-likeness (QED) is 0.858. The molecule has 0 atom stereocenters. The third-order valence-electron chi connectivity index (χ3n) is 3.18. The standard InChI is InChI=1S/C13H14FN3/c1-17-13-11(6-7-15-13)12(16-17)8-9-2-4-10(14)5-3-9/h2-5,15H,6-8H2,1H3. The van der Waals surface area contributed by atoms with Crippen LogP contribution in [0.15, 0.2) is 24.3 Å². The molecule has 0 saturated heterocycles. The van der Waals surface area contributed by atoms with Crippen LogP contribution in [0.3, 0.4) is 0 Å². The minimum atomic E-state index is -0.193. The first kappa shape index (κ1) is 10.3. The molecule has 0 spiro atoms. The molecular formula is C13H14FN3. The van der Waals surface area contributed by atoms with Gasteiger partial charge in [-0.1, -0.05) is 12.1 Å². The van der Waals surface area contributed by atoms with Gasteiger partial charge < -0.3 is 5.32 Å². The number of nitrogens with zero attached hydrogens (tertiary/aromatic N) is 2. The molecule has 1 aliphatic heterocycles. The second-order valence-corrected chi connectivity index (χ2v) is 4.38. The molecule has 0 unspecified atom stereocenters. The molecule has 2 aromatic rings. The first-order valence-electron chi connectivity index (χ1n) is 5.77. The van der Waals surface area contributed by atoms with Gasteiger partial charge in [0.2, 0.25) is 0 Å². The first-order valence-corrected chi connectivity index (χ1v) is 5.77. The maximum Gasteiger partial charge on any atom is 0.127 e. The second kappa shape index (κ2) is 3.87. The van der Waals surface area contributed by atoms with Gasteiger partial charge in [0.05, 0.1) is 5.69 Å². The number of aromatic nitrogens is 2. The lowest BCUT2D eigenvalue weighted by molar-refractivity contribution is 0.627. The number of benzene rings is 1. The van der Waals surface area contributed by atoms with Crippen LogP contribution in [-0.4, -0.2) is 16.3 Å². The van der Waals surface area contributed by atoms with Gasteiger partial charge in [0.25, 0.3) is 0 Å². The highest BCUT2D eigenvalue weighted by molar-refractivity contribution is 5.53. The van der Waals surface area contributed by atoms with E-state index < -0.39 is 0 Å². The van der Waals surface area contributed by atoms with Crippen molar-refractivity contribution in [3.63, 3.8) is 0 Å². The number of halogens is 1. The Morgan fingerprint density at radius 1 is 1.35 bits per heavy atom. The van der Waals surface area contributed by atoms with Crippen molar-refractivity contribution in [2.24, 2.45) is 7.05 Å². The van der Waals surface area contributed by atoms with Crippen molar-refractivity contribution in [1.29, 1.82) is 0 Å². The number of hydrogen-bond acceptors (Lipinski definition) is 2. The fourth-order valence-electron chi connectivity index (χ4n) is 2.35. The lowest BCUT2D eigenvalue weighted by Crippen LogP contribution is -2.02. The highest BCUT2D eigenvalue weighted by atomic mass is 19.1. The Hall–Kier alpha value is -1.84. The Bertz CT molecular complexity index is 543. The van der Waals surface area contributed by atoms with Gasteiger partial charge in [-0.15, -0.1) is 0 Å². The summed E-state index contributed by atoms with van der Waals surface area (Å²) >= 11 is 0. The van der Waals surface area contributed by atoms with E-state index in [-0.39, 0.29) is 5.82 Å². The van der Waals surface area contributed by atoms with Crippen molar-refractivity contribution in [3.05, 3.63) is 46.9 Å². The van der Waals surface area contributed by atoms with Crippen molar-refractivity contribution in [2.45, 2.75) is 12.8 Å². The Kier molecular flexibility index (Phi) is 2.35. The maximum atomic E-state index is 12.8. The molecule has 17 heavy (non-hydrogen) atoms. The summed E-state index contributed by atoms with van der Waals surface area (Å²) in [6.07, 6.45) is 1.80. The van der Waals surface area contributed by atoms with Crippen molar-refractivity contribution in [3.8, 4) is 0 Å². The topological polar surface area (TPSA) is 29.9 Å². The molecule has 1 aliphatic rings. The number of aryl methyl sites for hydroxylation is 1. The van der Waals surface area contributed by atoms with E-state index in [1.807, 2.05) is 23.9 Å². The second-order valence-electron chi connectivity index (χ2n) is 4.38. The van der Waals surface area contributed by atoms with E-state index in [1.165, 1.54) is 17.7 Å². The van der Waals surface area contributed by atoms with Crippen LogP contribution >= 0.6 is 0 Å². The minimum absolute atomic E-state index is 0.193. The molecule has 0 radical (unpaired) electrons. The van der Waals surface area contributed by atoms with Crippen molar-refractivity contribution in [2.75, 3.05) is 11.9 Å². The normalized spacial score (nSPS) is 13.5. The van der Waals surface area contributed by atoms with Gasteiger partial charge >= 0.3 is 0 Å². The molecule has 0 fully saturated rings. The molecule has 0 aliphatic carbocycles. The van der Waals surface area contributed by atoms with Gasteiger partial charge in [0.15, 0.2) is 0 Å². The third kappa shape index (κ3) is 1.79. The molecule has 0 saturated carbocycles. The van der Waals surface area contributed by atoms with Crippen molar-refractivity contribution >= 4 is 5.82 Å². The fraction of sp³-hybridized carbons (Fsp3) is 0.308. The summed E-state index contributed by atoms with van der Waals surface area (Å²) < 4.78 is 14.7. The molecule has 88 valence electrons. The zero-order chi connectivity index (χ0) is 11.8.